The Morgan fingerprint density at radius 2 is 1.80 bits per heavy atom. The molecule has 8 nitrogen and oxygen atoms in total. The molecule has 0 aromatic heterocycles. The summed E-state index contributed by atoms with van der Waals surface area (Å²) < 4.78 is 10.9. The maximum Gasteiger partial charge on any atom is 0.258 e. The average molecular weight is 471 g/mol. The summed E-state index contributed by atoms with van der Waals surface area (Å²) in [5, 5.41) is 6.10. The minimum Gasteiger partial charge on any atom is -0.454 e. The number of anilines is 2. The molecule has 8 heteroatoms. The predicted molar refractivity (Wildman–Crippen MR) is 134 cm³/mol. The summed E-state index contributed by atoms with van der Waals surface area (Å²) in [6, 6.07) is 18.7. The molecule has 2 aliphatic heterocycles. The smallest absolute Gasteiger partial charge is 0.258 e. The third kappa shape index (κ3) is 4.31. The molecule has 2 heterocycles. The van der Waals surface area contributed by atoms with Crippen molar-refractivity contribution in [2.45, 2.75) is 25.8 Å². The summed E-state index contributed by atoms with van der Waals surface area (Å²) in [4.78, 5) is 24.1. The van der Waals surface area contributed by atoms with Gasteiger partial charge < -0.3 is 31.6 Å². The quantitative estimate of drug-likeness (QED) is 0.407. The van der Waals surface area contributed by atoms with Gasteiger partial charge in [0, 0.05) is 33.7 Å². The molecule has 1 atom stereocenters. The summed E-state index contributed by atoms with van der Waals surface area (Å²) in [7, 11) is 0. The molecule has 1 unspecified atom stereocenters. The van der Waals surface area contributed by atoms with Gasteiger partial charge in [0.1, 0.15) is 0 Å². The number of benzene rings is 3. The number of nitrogens with two attached hydrogens (primary N) is 2. The first-order valence-electron chi connectivity index (χ1n) is 11.2. The van der Waals surface area contributed by atoms with Gasteiger partial charge in [0.05, 0.1) is 5.57 Å². The largest absolute Gasteiger partial charge is 0.454 e. The summed E-state index contributed by atoms with van der Waals surface area (Å²) in [6.45, 7) is 4.07. The van der Waals surface area contributed by atoms with Crippen LogP contribution in [0.5, 0.6) is 11.5 Å². The molecule has 3 aromatic carbocycles. The number of amides is 2. The van der Waals surface area contributed by atoms with Gasteiger partial charge in [-0.1, -0.05) is 24.3 Å². The third-order valence-corrected chi connectivity index (χ3v) is 6.31. The maximum atomic E-state index is 12.6. The number of rotatable bonds is 6. The molecule has 0 fully saturated rings. The number of fused-ring (bicyclic) bond motifs is 2. The van der Waals surface area contributed by atoms with Gasteiger partial charge in [-0.3, -0.25) is 9.59 Å². The third-order valence-electron chi connectivity index (χ3n) is 6.31. The molecule has 0 bridgehead atoms. The fraction of sp³-hybridized carbons (Fsp3) is 0.185. The topological polar surface area (TPSA) is 129 Å². The lowest BCUT2D eigenvalue weighted by molar-refractivity contribution is -0.110. The average Bonchev–Trinajstić information content (AvgIpc) is 3.41. The van der Waals surface area contributed by atoms with Gasteiger partial charge in [0.15, 0.2) is 11.5 Å². The molecule has 5 rings (SSSR count). The lowest BCUT2D eigenvalue weighted by atomic mass is 9.86. The zero-order valence-electron chi connectivity index (χ0n) is 19.5. The van der Waals surface area contributed by atoms with Crippen molar-refractivity contribution in [1.82, 2.24) is 0 Å². The van der Waals surface area contributed by atoms with Crippen LogP contribution in [0.2, 0.25) is 0 Å². The van der Waals surface area contributed by atoms with Crippen LogP contribution in [0.15, 0.2) is 66.4 Å². The van der Waals surface area contributed by atoms with Crippen LogP contribution in [0.4, 0.5) is 11.4 Å². The van der Waals surface area contributed by atoms with E-state index in [0.29, 0.717) is 28.9 Å². The second-order valence-electron chi connectivity index (χ2n) is 9.06. The number of ether oxygens (including phenoxy) is 2. The van der Waals surface area contributed by atoms with Crippen molar-refractivity contribution in [2.75, 3.05) is 17.4 Å². The SMILES string of the molecule is CC(Nc1ccc(C(C)(N)Cc2ccc3c(c2)OCO3)cc1)=C1C(=O)Nc2cc(C(N)=O)ccc21. The molecule has 2 aliphatic rings. The van der Waals surface area contributed by atoms with E-state index in [-0.39, 0.29) is 12.7 Å². The number of carbonyl (C=O) groups is 2. The van der Waals surface area contributed by atoms with Crippen molar-refractivity contribution < 1.29 is 19.1 Å². The van der Waals surface area contributed by atoms with E-state index in [0.717, 1.165) is 33.9 Å². The highest BCUT2D eigenvalue weighted by Gasteiger charge is 2.27. The Morgan fingerprint density at radius 1 is 1.06 bits per heavy atom. The highest BCUT2D eigenvalue weighted by Crippen LogP contribution is 2.36. The molecule has 3 aromatic rings. The maximum absolute atomic E-state index is 12.6. The predicted octanol–water partition coefficient (Wildman–Crippen LogP) is 3.73. The molecule has 35 heavy (non-hydrogen) atoms. The Balaban J connectivity index is 1.33. The number of allylic oxidation sites excluding steroid dienone is 1. The van der Waals surface area contributed by atoms with Crippen molar-refractivity contribution in [3.05, 3.63) is 88.6 Å². The Morgan fingerprint density at radius 3 is 2.54 bits per heavy atom. The molecule has 0 saturated carbocycles. The molecule has 0 spiro atoms. The first-order valence-corrected chi connectivity index (χ1v) is 11.2. The van der Waals surface area contributed by atoms with Crippen LogP contribution in [-0.2, 0) is 16.8 Å². The summed E-state index contributed by atoms with van der Waals surface area (Å²) >= 11 is 0. The van der Waals surface area contributed by atoms with Crippen molar-refractivity contribution in [2.24, 2.45) is 11.5 Å². The lowest BCUT2D eigenvalue weighted by Crippen LogP contribution is -2.35. The number of hydrogen-bond acceptors (Lipinski definition) is 6. The highest BCUT2D eigenvalue weighted by molar-refractivity contribution is 6.32. The second-order valence-corrected chi connectivity index (χ2v) is 9.06. The van der Waals surface area contributed by atoms with Crippen molar-refractivity contribution in [1.29, 1.82) is 0 Å². The second kappa shape index (κ2) is 8.48. The van der Waals surface area contributed by atoms with Crippen LogP contribution in [0.25, 0.3) is 5.57 Å². The van der Waals surface area contributed by atoms with E-state index in [1.165, 1.54) is 0 Å². The van der Waals surface area contributed by atoms with E-state index < -0.39 is 11.4 Å². The van der Waals surface area contributed by atoms with Gasteiger partial charge in [-0.2, -0.15) is 0 Å². The minimum absolute atomic E-state index is 0.235. The van der Waals surface area contributed by atoms with Crippen LogP contribution in [-0.4, -0.2) is 18.6 Å². The zero-order chi connectivity index (χ0) is 24.7. The zero-order valence-corrected chi connectivity index (χ0v) is 19.5. The van der Waals surface area contributed by atoms with E-state index in [1.807, 2.05) is 56.3 Å². The van der Waals surface area contributed by atoms with Crippen LogP contribution in [0.1, 0.15) is 40.9 Å². The van der Waals surface area contributed by atoms with E-state index in [9.17, 15) is 9.59 Å². The van der Waals surface area contributed by atoms with E-state index in [4.69, 9.17) is 20.9 Å². The molecule has 0 aliphatic carbocycles. The number of hydrogen-bond donors (Lipinski definition) is 4. The molecular weight excluding hydrogens is 444 g/mol. The van der Waals surface area contributed by atoms with Crippen LogP contribution < -0.4 is 31.6 Å². The van der Waals surface area contributed by atoms with Crippen LogP contribution >= 0.6 is 0 Å². The Hall–Kier alpha value is -4.30. The molecule has 0 radical (unpaired) electrons. The van der Waals surface area contributed by atoms with E-state index in [1.54, 1.807) is 18.2 Å². The molecule has 178 valence electrons. The van der Waals surface area contributed by atoms with Gasteiger partial charge in [0.2, 0.25) is 12.7 Å². The number of primary amides is 1. The van der Waals surface area contributed by atoms with Gasteiger partial charge in [-0.15, -0.1) is 0 Å². The minimum atomic E-state index is -0.595. The van der Waals surface area contributed by atoms with Gasteiger partial charge in [0.25, 0.3) is 5.91 Å². The van der Waals surface area contributed by atoms with Crippen LogP contribution in [0.3, 0.4) is 0 Å². The first-order chi connectivity index (χ1) is 16.7. The Labute approximate surface area is 202 Å². The Bertz CT molecular complexity index is 1380. The van der Waals surface area contributed by atoms with E-state index >= 15 is 0 Å². The van der Waals surface area contributed by atoms with Crippen LogP contribution in [0, 0.1) is 0 Å². The molecule has 2 amide bonds. The summed E-state index contributed by atoms with van der Waals surface area (Å²) in [6.07, 6.45) is 0.629. The normalized spacial score (nSPS) is 16.8. The molecule has 6 N–H and O–H groups in total. The fourth-order valence-electron chi connectivity index (χ4n) is 4.49. The summed E-state index contributed by atoms with van der Waals surface area (Å²) in [5.74, 6) is 0.713. The standard InChI is InChI=1S/C27H26N4O4/c1-15(24-20-9-4-17(25(28)32)12-21(20)31-26(24)33)30-19-7-5-18(6-8-19)27(2,29)13-16-3-10-22-23(11-16)35-14-34-22/h3-12,30H,13-14,29H2,1-2H3,(H2,28,32)(H,31,33). The lowest BCUT2D eigenvalue weighted by Gasteiger charge is -2.26. The molecular formula is C27H26N4O4. The molecule has 0 saturated heterocycles. The first kappa shape index (κ1) is 22.5. The van der Waals surface area contributed by atoms with Crippen molar-refractivity contribution in [3.8, 4) is 11.5 Å². The number of nitrogens with one attached hydrogen (secondary N) is 2. The van der Waals surface area contributed by atoms with Crippen molar-refractivity contribution >= 4 is 28.8 Å². The fourth-order valence-corrected chi connectivity index (χ4v) is 4.49. The van der Waals surface area contributed by atoms with Gasteiger partial charge >= 0.3 is 0 Å². The Kier molecular flexibility index (Phi) is 5.45. The van der Waals surface area contributed by atoms with Crippen molar-refractivity contribution in [3.63, 3.8) is 0 Å². The van der Waals surface area contributed by atoms with E-state index in [2.05, 4.69) is 10.6 Å². The highest BCUT2D eigenvalue weighted by atomic mass is 16.7. The summed E-state index contributed by atoms with van der Waals surface area (Å²) in [5.41, 5.74) is 17.2. The monoisotopic (exact) mass is 470 g/mol. The van der Waals surface area contributed by atoms with Gasteiger partial charge in [-0.25, -0.2) is 0 Å². The van der Waals surface area contributed by atoms with Gasteiger partial charge in [-0.05, 0) is 67.8 Å². The number of carbonyl (C=O) groups excluding carboxylic acids is 2.